The van der Waals surface area contributed by atoms with Crippen LogP contribution in [0.2, 0.25) is 0 Å². The molecule has 4 aromatic heterocycles. The second-order valence-corrected chi connectivity index (χ2v) is 8.33. The van der Waals surface area contributed by atoms with Crippen LogP contribution in [-0.2, 0) is 0 Å². The molecule has 146 valence electrons. The Bertz CT molecular complexity index is 1210. The molecular weight excluding hydrogens is 388 g/mol. The van der Waals surface area contributed by atoms with Crippen molar-refractivity contribution >= 4 is 33.3 Å². The minimum atomic E-state index is -0.318. The predicted molar refractivity (Wildman–Crippen MR) is 109 cm³/mol. The molecule has 9 nitrogen and oxygen atoms in total. The van der Waals surface area contributed by atoms with Gasteiger partial charge in [-0.25, -0.2) is 19.6 Å². The van der Waals surface area contributed by atoms with Gasteiger partial charge in [0.1, 0.15) is 17.2 Å². The Morgan fingerprint density at radius 3 is 2.93 bits per heavy atom. The molecule has 0 aromatic carbocycles. The van der Waals surface area contributed by atoms with Gasteiger partial charge in [0.15, 0.2) is 0 Å². The summed E-state index contributed by atoms with van der Waals surface area (Å²) in [6.45, 7) is 3.97. The molecule has 1 amide bonds. The van der Waals surface area contributed by atoms with E-state index in [4.69, 9.17) is 0 Å². The molecule has 0 aliphatic heterocycles. The summed E-state index contributed by atoms with van der Waals surface area (Å²) in [4.78, 5) is 26.1. The van der Waals surface area contributed by atoms with Crippen LogP contribution in [0.15, 0.2) is 30.5 Å². The number of anilines is 1. The first kappa shape index (κ1) is 17.8. The summed E-state index contributed by atoms with van der Waals surface area (Å²) < 4.78 is 2.66. The van der Waals surface area contributed by atoms with E-state index in [2.05, 4.69) is 35.8 Å². The number of fused-ring (bicyclic) bond motifs is 1. The Balaban J connectivity index is 1.39. The van der Waals surface area contributed by atoms with Gasteiger partial charge in [0.05, 0.1) is 27.5 Å². The van der Waals surface area contributed by atoms with Gasteiger partial charge >= 0.3 is 0 Å². The maximum absolute atomic E-state index is 12.7. The van der Waals surface area contributed by atoms with E-state index in [-0.39, 0.29) is 11.9 Å². The number of carbonyl (C=O) groups is 1. The maximum atomic E-state index is 12.7. The molecule has 0 spiro atoms. The van der Waals surface area contributed by atoms with Crippen LogP contribution in [0.25, 0.3) is 21.7 Å². The summed E-state index contributed by atoms with van der Waals surface area (Å²) in [6.07, 6.45) is 4.05. The number of nitrogens with zero attached hydrogens (tertiary/aromatic N) is 7. The second-order valence-electron chi connectivity index (χ2n) is 7.27. The lowest BCUT2D eigenvalue weighted by Gasteiger charge is -2.09. The average molecular weight is 406 g/mol. The summed E-state index contributed by atoms with van der Waals surface area (Å²) in [6, 6.07) is 7.22. The summed E-state index contributed by atoms with van der Waals surface area (Å²) in [5, 5.41) is 15.7. The number of tetrazole rings is 1. The van der Waals surface area contributed by atoms with E-state index >= 15 is 0 Å². The molecule has 4 heterocycles. The number of hydrogen-bond acceptors (Lipinski definition) is 8. The quantitative estimate of drug-likeness (QED) is 0.540. The minimum absolute atomic E-state index is 0.0934. The van der Waals surface area contributed by atoms with Gasteiger partial charge < -0.3 is 5.32 Å². The highest BCUT2D eigenvalue weighted by Gasteiger charge is 2.27. The highest BCUT2D eigenvalue weighted by Crippen LogP contribution is 2.43. The van der Waals surface area contributed by atoms with Crippen LogP contribution >= 0.6 is 11.3 Å². The van der Waals surface area contributed by atoms with E-state index in [9.17, 15) is 4.79 Å². The first-order valence-corrected chi connectivity index (χ1v) is 10.2. The van der Waals surface area contributed by atoms with Crippen LogP contribution in [-0.4, -0.2) is 41.1 Å². The molecule has 0 saturated heterocycles. The molecule has 0 bridgehead atoms. The molecule has 4 aromatic rings. The van der Waals surface area contributed by atoms with E-state index in [1.807, 2.05) is 13.8 Å². The largest absolute Gasteiger partial charge is 0.305 e. The van der Waals surface area contributed by atoms with E-state index in [1.54, 1.807) is 46.5 Å². The third-order valence-electron chi connectivity index (χ3n) is 4.65. The zero-order chi connectivity index (χ0) is 20.0. The number of rotatable bonds is 5. The number of carbonyl (C=O) groups excluding carboxylic acids is 1. The molecule has 0 unspecified atom stereocenters. The van der Waals surface area contributed by atoms with Crippen molar-refractivity contribution in [2.24, 2.45) is 0 Å². The maximum Gasteiger partial charge on any atom is 0.275 e. The van der Waals surface area contributed by atoms with Crippen molar-refractivity contribution in [2.75, 3.05) is 5.32 Å². The van der Waals surface area contributed by atoms with Crippen molar-refractivity contribution in [2.45, 2.75) is 38.6 Å². The van der Waals surface area contributed by atoms with Gasteiger partial charge in [-0.3, -0.25) is 4.79 Å². The van der Waals surface area contributed by atoms with Crippen LogP contribution in [0.1, 0.15) is 54.1 Å². The second kappa shape index (κ2) is 6.96. The molecule has 1 aliphatic carbocycles. The zero-order valence-electron chi connectivity index (χ0n) is 15.9. The Hall–Kier alpha value is -3.27. The Morgan fingerprint density at radius 1 is 1.28 bits per heavy atom. The number of hydrogen-bond donors (Lipinski definition) is 1. The fourth-order valence-corrected chi connectivity index (χ4v) is 4.14. The van der Waals surface area contributed by atoms with Gasteiger partial charge in [-0.2, -0.15) is 0 Å². The number of nitrogens with one attached hydrogen (secondary N) is 1. The van der Waals surface area contributed by atoms with E-state index < -0.39 is 0 Å². The van der Waals surface area contributed by atoms with Gasteiger partial charge in [-0.1, -0.05) is 6.07 Å². The van der Waals surface area contributed by atoms with Crippen LogP contribution in [0.4, 0.5) is 5.82 Å². The summed E-state index contributed by atoms with van der Waals surface area (Å²) in [7, 11) is 0. The first-order chi connectivity index (χ1) is 14.1. The summed E-state index contributed by atoms with van der Waals surface area (Å²) in [5.74, 6) is 1.23. The fraction of sp³-hybridized carbons (Fsp3) is 0.316. The highest BCUT2D eigenvalue weighted by atomic mass is 32.1. The Morgan fingerprint density at radius 2 is 2.14 bits per heavy atom. The van der Waals surface area contributed by atoms with Gasteiger partial charge in [-0.15, -0.1) is 16.4 Å². The first-order valence-electron chi connectivity index (χ1n) is 9.41. The van der Waals surface area contributed by atoms with Crippen LogP contribution in [0.3, 0.4) is 0 Å². The van der Waals surface area contributed by atoms with Crippen LogP contribution in [0.5, 0.6) is 0 Å². The zero-order valence-corrected chi connectivity index (χ0v) is 16.7. The van der Waals surface area contributed by atoms with Gasteiger partial charge in [0.25, 0.3) is 5.91 Å². The van der Waals surface area contributed by atoms with Crippen molar-refractivity contribution in [3.8, 4) is 11.5 Å². The summed E-state index contributed by atoms with van der Waals surface area (Å²) in [5.41, 5.74) is 1.76. The van der Waals surface area contributed by atoms with Gasteiger partial charge in [0, 0.05) is 5.92 Å². The van der Waals surface area contributed by atoms with Crippen molar-refractivity contribution in [1.82, 2.24) is 35.2 Å². The molecule has 0 atom stereocenters. The van der Waals surface area contributed by atoms with Gasteiger partial charge in [0.2, 0.25) is 5.82 Å². The Labute approximate surface area is 170 Å². The number of amides is 1. The molecule has 1 saturated carbocycles. The number of thiazole rings is 1. The van der Waals surface area contributed by atoms with Gasteiger partial charge in [-0.05, 0) is 55.3 Å². The number of pyridine rings is 2. The summed E-state index contributed by atoms with van der Waals surface area (Å²) >= 11 is 1.64. The van der Waals surface area contributed by atoms with Crippen molar-refractivity contribution in [3.63, 3.8) is 0 Å². The van der Waals surface area contributed by atoms with Crippen molar-refractivity contribution in [3.05, 3.63) is 41.2 Å². The molecule has 1 fully saturated rings. The monoisotopic (exact) mass is 406 g/mol. The minimum Gasteiger partial charge on any atom is -0.305 e. The molecule has 1 aliphatic rings. The SMILES string of the molecule is CC(C)n1nnnc1-c1cccc(NC(=O)c2cc3sc(C4CC4)nc3cn2)n1. The number of aromatic nitrogens is 7. The standard InChI is InChI=1S/C19H18N8OS/c1-10(2)27-17(24-25-26-27)12-4-3-5-16(21-12)23-18(28)13-8-15-14(9-20-13)22-19(29-15)11-6-7-11/h3-5,8-11H,6-7H2,1-2H3,(H,21,23,28). The third kappa shape index (κ3) is 3.46. The Kier molecular flexibility index (Phi) is 4.27. The molecule has 29 heavy (non-hydrogen) atoms. The fourth-order valence-electron chi connectivity index (χ4n) is 3.00. The lowest BCUT2D eigenvalue weighted by molar-refractivity contribution is 0.102. The molecule has 1 N–H and O–H groups in total. The van der Waals surface area contributed by atoms with Crippen molar-refractivity contribution < 1.29 is 4.79 Å². The predicted octanol–water partition coefficient (Wildman–Crippen LogP) is 3.45. The average Bonchev–Trinajstić information content (AvgIpc) is 3.28. The smallest absolute Gasteiger partial charge is 0.275 e. The van der Waals surface area contributed by atoms with Crippen LogP contribution < -0.4 is 5.32 Å². The lowest BCUT2D eigenvalue weighted by Crippen LogP contribution is -2.15. The highest BCUT2D eigenvalue weighted by molar-refractivity contribution is 7.18. The van der Waals surface area contributed by atoms with E-state index in [0.717, 1.165) is 15.2 Å². The van der Waals surface area contributed by atoms with Crippen molar-refractivity contribution in [1.29, 1.82) is 0 Å². The molecular formula is C19H18N8OS. The normalized spacial score (nSPS) is 13.9. The lowest BCUT2D eigenvalue weighted by atomic mass is 10.3. The molecule has 10 heteroatoms. The molecule has 5 rings (SSSR count). The van der Waals surface area contributed by atoms with E-state index in [1.165, 1.54) is 12.8 Å². The topological polar surface area (TPSA) is 111 Å². The molecule has 0 radical (unpaired) electrons. The van der Waals surface area contributed by atoms with Crippen LogP contribution in [0, 0.1) is 0 Å². The van der Waals surface area contributed by atoms with E-state index in [0.29, 0.717) is 28.9 Å². The third-order valence-corrected chi connectivity index (χ3v) is 5.83.